The zero-order chi connectivity index (χ0) is 15.0. The second-order valence-corrected chi connectivity index (χ2v) is 3.60. The van der Waals surface area contributed by atoms with Crippen LogP contribution in [-0.4, -0.2) is 35.5 Å². The number of esters is 1. The Morgan fingerprint density at radius 2 is 2.05 bits per heavy atom. The molecule has 1 rings (SSSR count). The maximum atomic E-state index is 12.2. The van der Waals surface area contributed by atoms with E-state index in [0.29, 0.717) is 5.69 Å². The van der Waals surface area contributed by atoms with Gasteiger partial charge >= 0.3 is 17.6 Å². The van der Waals surface area contributed by atoms with Gasteiger partial charge in [-0.3, -0.25) is 9.69 Å². The minimum Gasteiger partial charge on any atom is -0.457 e. The molecule has 102 valence electrons. The van der Waals surface area contributed by atoms with E-state index in [9.17, 15) is 9.59 Å². The highest BCUT2D eigenvalue weighted by Crippen LogP contribution is 2.13. The van der Waals surface area contributed by atoms with Crippen LogP contribution >= 0.6 is 0 Å². The van der Waals surface area contributed by atoms with Crippen LogP contribution in [-0.2, 0) is 14.3 Å². The average Bonchev–Trinajstić information content (AvgIpc) is 2.46. The summed E-state index contributed by atoms with van der Waals surface area (Å²) in [6.07, 6.45) is 5.22. The summed E-state index contributed by atoms with van der Waals surface area (Å²) in [5.41, 5.74) is 8.62. The maximum absolute atomic E-state index is 12.2. The molecule has 0 aromatic heterocycles. The molecule has 0 saturated heterocycles. The highest BCUT2D eigenvalue weighted by molar-refractivity contribution is 6.64. The normalized spacial score (nSPS) is 9.00. The molecule has 6 nitrogen and oxygen atoms in total. The van der Waals surface area contributed by atoms with Crippen LogP contribution in [0, 0.1) is 12.3 Å². The minimum absolute atomic E-state index is 0.0611. The Balaban J connectivity index is 3.10. The lowest BCUT2D eigenvalue weighted by atomic mass is 10.2. The Kier molecular flexibility index (Phi) is 5.70. The van der Waals surface area contributed by atoms with Gasteiger partial charge in [0.1, 0.15) is 0 Å². The third-order valence-electron chi connectivity index (χ3n) is 2.33. The molecule has 0 aliphatic carbocycles. The first-order chi connectivity index (χ1) is 9.65. The molecular weight excluding hydrogens is 258 g/mol. The van der Waals surface area contributed by atoms with Gasteiger partial charge in [-0.1, -0.05) is 24.1 Å². The summed E-state index contributed by atoms with van der Waals surface area (Å²) in [7, 11) is 0. The van der Waals surface area contributed by atoms with Gasteiger partial charge in [0.2, 0.25) is 0 Å². The number of anilines is 1. The highest BCUT2D eigenvalue weighted by Gasteiger charge is 2.35. The fourth-order valence-corrected chi connectivity index (χ4v) is 1.48. The van der Waals surface area contributed by atoms with Crippen molar-refractivity contribution >= 4 is 23.3 Å². The van der Waals surface area contributed by atoms with E-state index in [2.05, 4.69) is 15.4 Å². The minimum atomic E-state index is -1.00. The zero-order valence-corrected chi connectivity index (χ0v) is 10.9. The molecule has 0 aliphatic heterocycles. The second kappa shape index (κ2) is 7.52. The number of amides is 1. The average molecular weight is 271 g/mol. The molecule has 0 spiro atoms. The van der Waals surface area contributed by atoms with E-state index in [4.69, 9.17) is 12.0 Å². The largest absolute Gasteiger partial charge is 0.463 e. The molecule has 0 unspecified atom stereocenters. The smallest absolute Gasteiger partial charge is 0.457 e. The van der Waals surface area contributed by atoms with Crippen LogP contribution in [0.3, 0.4) is 0 Å². The summed E-state index contributed by atoms with van der Waals surface area (Å²) in [6, 6.07) is 8.50. The third kappa shape index (κ3) is 3.55. The van der Waals surface area contributed by atoms with Crippen molar-refractivity contribution < 1.29 is 19.1 Å². The van der Waals surface area contributed by atoms with E-state index in [0.717, 1.165) is 4.90 Å². The third-order valence-corrected chi connectivity index (χ3v) is 2.33. The second-order valence-electron chi connectivity index (χ2n) is 3.60. The summed E-state index contributed by atoms with van der Waals surface area (Å²) < 4.78 is 4.65. The first-order valence-electron chi connectivity index (χ1n) is 5.85. The first-order valence-corrected chi connectivity index (χ1v) is 5.85. The van der Waals surface area contributed by atoms with Crippen molar-refractivity contribution in [3.05, 3.63) is 35.9 Å². The van der Waals surface area contributed by atoms with E-state index in [1.807, 2.05) is 0 Å². The van der Waals surface area contributed by atoms with E-state index in [1.165, 1.54) is 0 Å². The number of carbonyl (C=O) groups is 2. The molecule has 20 heavy (non-hydrogen) atoms. The van der Waals surface area contributed by atoms with Crippen LogP contribution in [0.15, 0.2) is 30.3 Å². The van der Waals surface area contributed by atoms with Gasteiger partial charge in [0.05, 0.1) is 13.2 Å². The first kappa shape index (κ1) is 15.2. The van der Waals surface area contributed by atoms with Crippen LogP contribution in [0.5, 0.6) is 0 Å². The lowest BCUT2D eigenvalue weighted by Crippen LogP contribution is -2.41. The fraction of sp³-hybridized carbons (Fsp3) is 0.214. The Morgan fingerprint density at radius 3 is 2.55 bits per heavy atom. The number of para-hydroxylation sites is 1. The topological polar surface area (TPSA) is 83.0 Å². The van der Waals surface area contributed by atoms with Crippen LogP contribution in [0.1, 0.15) is 6.92 Å². The SMILES string of the molecule is C#CCN(C(=O)C(=[N+]=[N-])C(=O)OCC)c1ccccc1. The van der Waals surface area contributed by atoms with Gasteiger partial charge in [-0.2, -0.15) is 4.79 Å². The molecule has 1 amide bonds. The van der Waals surface area contributed by atoms with Crippen molar-refractivity contribution in [3.8, 4) is 12.3 Å². The van der Waals surface area contributed by atoms with Crippen molar-refractivity contribution in [1.29, 1.82) is 0 Å². The molecule has 0 heterocycles. The molecule has 0 radical (unpaired) electrons. The highest BCUT2D eigenvalue weighted by atomic mass is 16.5. The molecule has 0 bridgehead atoms. The lowest BCUT2D eigenvalue weighted by Gasteiger charge is -2.17. The van der Waals surface area contributed by atoms with E-state index in [1.54, 1.807) is 37.3 Å². The van der Waals surface area contributed by atoms with E-state index >= 15 is 0 Å². The number of rotatable bonds is 5. The van der Waals surface area contributed by atoms with Crippen molar-refractivity contribution in [1.82, 2.24) is 0 Å². The Morgan fingerprint density at radius 1 is 1.40 bits per heavy atom. The monoisotopic (exact) mass is 271 g/mol. The molecular formula is C14H13N3O3. The summed E-state index contributed by atoms with van der Waals surface area (Å²) in [5.74, 6) is 0.488. The zero-order valence-electron chi connectivity index (χ0n) is 10.9. The number of terminal acetylenes is 1. The lowest BCUT2D eigenvalue weighted by molar-refractivity contribution is -0.141. The molecule has 0 fully saturated rings. The number of ether oxygens (including phenoxy) is 1. The van der Waals surface area contributed by atoms with Crippen molar-refractivity contribution in [3.63, 3.8) is 0 Å². The Hall–Kier alpha value is -2.90. The molecule has 6 heteroatoms. The predicted molar refractivity (Wildman–Crippen MR) is 72.9 cm³/mol. The molecule has 0 N–H and O–H groups in total. The van der Waals surface area contributed by atoms with Gasteiger partial charge in [-0.15, -0.1) is 6.42 Å². The van der Waals surface area contributed by atoms with Crippen LogP contribution in [0.4, 0.5) is 5.69 Å². The van der Waals surface area contributed by atoms with Gasteiger partial charge in [-0.25, -0.2) is 4.79 Å². The van der Waals surface area contributed by atoms with Gasteiger partial charge < -0.3 is 10.3 Å². The fourth-order valence-electron chi connectivity index (χ4n) is 1.48. The van der Waals surface area contributed by atoms with E-state index in [-0.39, 0.29) is 13.2 Å². The van der Waals surface area contributed by atoms with Crippen molar-refractivity contribution in [2.24, 2.45) is 0 Å². The summed E-state index contributed by atoms with van der Waals surface area (Å²) in [4.78, 5) is 27.6. The molecule has 0 atom stereocenters. The summed E-state index contributed by atoms with van der Waals surface area (Å²) in [5, 5.41) is 0. The quantitative estimate of drug-likeness (QED) is 0.199. The summed E-state index contributed by atoms with van der Waals surface area (Å²) in [6.45, 7) is 1.57. The number of benzene rings is 1. The Bertz CT molecular complexity index is 583. The van der Waals surface area contributed by atoms with Crippen molar-refractivity contribution in [2.75, 3.05) is 18.1 Å². The van der Waals surface area contributed by atoms with Gasteiger partial charge in [0, 0.05) is 5.69 Å². The predicted octanol–water partition coefficient (Wildman–Crippen LogP) is 0.887. The molecule has 0 saturated carbocycles. The van der Waals surface area contributed by atoms with Crippen LogP contribution in [0.25, 0.3) is 5.53 Å². The van der Waals surface area contributed by atoms with Gasteiger partial charge in [0.25, 0.3) is 0 Å². The standard InChI is InChI=1S/C14H13N3O3/c1-3-10-17(11-8-6-5-7-9-11)13(18)12(16-15)14(19)20-4-2/h1,5-9H,4,10H2,2H3. The van der Waals surface area contributed by atoms with Crippen LogP contribution in [0.2, 0.25) is 0 Å². The number of hydrogen-bond donors (Lipinski definition) is 0. The number of nitrogens with zero attached hydrogens (tertiary/aromatic N) is 3. The van der Waals surface area contributed by atoms with Gasteiger partial charge in [0.15, 0.2) is 0 Å². The molecule has 0 aliphatic rings. The summed E-state index contributed by atoms with van der Waals surface area (Å²) >= 11 is 0. The molecule has 1 aromatic carbocycles. The molecule has 1 aromatic rings. The van der Waals surface area contributed by atoms with Crippen molar-refractivity contribution in [2.45, 2.75) is 6.92 Å². The Labute approximate surface area is 116 Å². The number of hydrogen-bond acceptors (Lipinski definition) is 3. The van der Waals surface area contributed by atoms with Gasteiger partial charge in [-0.05, 0) is 19.1 Å². The number of carbonyl (C=O) groups excluding carboxylic acids is 2. The maximum Gasteiger partial charge on any atom is 0.463 e. The van der Waals surface area contributed by atoms with Crippen LogP contribution < -0.4 is 4.90 Å². The van der Waals surface area contributed by atoms with E-state index < -0.39 is 17.6 Å².